The van der Waals surface area contributed by atoms with E-state index in [0.717, 1.165) is 31.2 Å². The molecule has 1 N–H and O–H groups in total. The molecule has 3 aromatic rings. The molecule has 0 spiro atoms. The van der Waals surface area contributed by atoms with Crippen LogP contribution >= 0.6 is 11.6 Å². The number of nitrogens with zero attached hydrogens (tertiary/aromatic N) is 2. The van der Waals surface area contributed by atoms with Gasteiger partial charge in [-0.3, -0.25) is 9.69 Å². The standard InChI is InChI=1S/C25H27ClFN3O2/c1-16-22(23(29-32-16)20-9-4-5-10-21(20)26)24(31)28-19-11-13-25(14-12-19,30(2)3)17-7-6-8-18(27)15-17/h4-10,15,19H,11-14H2,1-3H3,(H,28,31). The second-order valence-electron chi connectivity index (χ2n) is 8.63. The van der Waals surface area contributed by atoms with Crippen molar-refractivity contribution in [2.24, 2.45) is 0 Å². The lowest BCUT2D eigenvalue weighted by atomic mass is 9.74. The Kier molecular flexibility index (Phi) is 6.35. The molecule has 0 bridgehead atoms. The number of carbonyl (C=O) groups excluding carboxylic acids is 1. The molecule has 1 aromatic heterocycles. The van der Waals surface area contributed by atoms with E-state index in [2.05, 4.69) is 15.4 Å². The van der Waals surface area contributed by atoms with Crippen LogP contribution in [0.5, 0.6) is 0 Å². The Labute approximate surface area is 192 Å². The van der Waals surface area contributed by atoms with Crippen LogP contribution in [0.1, 0.15) is 47.4 Å². The van der Waals surface area contributed by atoms with Gasteiger partial charge in [0.1, 0.15) is 22.8 Å². The first-order valence-electron chi connectivity index (χ1n) is 10.8. The van der Waals surface area contributed by atoms with Crippen LogP contribution in [0.2, 0.25) is 5.02 Å². The predicted molar refractivity (Wildman–Crippen MR) is 123 cm³/mol. The number of rotatable bonds is 5. The van der Waals surface area contributed by atoms with Gasteiger partial charge in [-0.2, -0.15) is 0 Å². The Bertz CT molecular complexity index is 1120. The molecular weight excluding hydrogens is 429 g/mol. The second-order valence-corrected chi connectivity index (χ2v) is 9.03. The molecule has 1 fully saturated rings. The van der Waals surface area contributed by atoms with Crippen molar-refractivity contribution in [1.82, 2.24) is 15.4 Å². The minimum atomic E-state index is -0.251. The number of halogens is 2. The first-order chi connectivity index (χ1) is 15.3. The fourth-order valence-electron chi connectivity index (χ4n) is 4.75. The van der Waals surface area contributed by atoms with Gasteiger partial charge in [-0.15, -0.1) is 0 Å². The first kappa shape index (κ1) is 22.5. The molecule has 4 rings (SSSR count). The molecule has 1 aliphatic carbocycles. The summed E-state index contributed by atoms with van der Waals surface area (Å²) in [5.41, 5.74) is 2.25. The highest BCUT2D eigenvalue weighted by atomic mass is 35.5. The van der Waals surface area contributed by atoms with Gasteiger partial charge in [-0.05, 0) is 70.5 Å². The van der Waals surface area contributed by atoms with Crippen molar-refractivity contribution in [3.05, 3.63) is 76.3 Å². The molecule has 0 aliphatic heterocycles. The summed E-state index contributed by atoms with van der Waals surface area (Å²) in [5.74, 6) is 0.0107. The van der Waals surface area contributed by atoms with Crippen molar-refractivity contribution in [2.75, 3.05) is 14.1 Å². The number of hydrogen-bond donors (Lipinski definition) is 1. The number of hydrogen-bond acceptors (Lipinski definition) is 4. The third-order valence-corrected chi connectivity index (χ3v) is 6.91. The lowest BCUT2D eigenvalue weighted by Gasteiger charge is -2.45. The van der Waals surface area contributed by atoms with Crippen LogP contribution in [0.25, 0.3) is 11.3 Å². The molecule has 0 radical (unpaired) electrons. The monoisotopic (exact) mass is 455 g/mol. The molecule has 32 heavy (non-hydrogen) atoms. The summed E-state index contributed by atoms with van der Waals surface area (Å²) in [4.78, 5) is 15.4. The highest BCUT2D eigenvalue weighted by molar-refractivity contribution is 6.33. The lowest BCUT2D eigenvalue weighted by Crippen LogP contribution is -2.48. The Balaban J connectivity index is 1.51. The third kappa shape index (κ3) is 4.17. The fourth-order valence-corrected chi connectivity index (χ4v) is 4.97. The number of nitrogens with one attached hydrogen (secondary N) is 1. The summed E-state index contributed by atoms with van der Waals surface area (Å²) >= 11 is 6.32. The van der Waals surface area contributed by atoms with E-state index in [4.69, 9.17) is 16.1 Å². The maximum Gasteiger partial charge on any atom is 0.257 e. The Morgan fingerprint density at radius 1 is 1.19 bits per heavy atom. The van der Waals surface area contributed by atoms with Gasteiger partial charge < -0.3 is 9.84 Å². The van der Waals surface area contributed by atoms with Gasteiger partial charge in [-0.25, -0.2) is 4.39 Å². The van der Waals surface area contributed by atoms with Gasteiger partial charge in [0.05, 0.1) is 5.02 Å². The molecule has 0 saturated heterocycles. The van der Waals surface area contributed by atoms with Gasteiger partial charge in [0, 0.05) is 17.1 Å². The maximum absolute atomic E-state index is 13.9. The zero-order valence-corrected chi connectivity index (χ0v) is 19.2. The van der Waals surface area contributed by atoms with Crippen molar-refractivity contribution >= 4 is 17.5 Å². The summed E-state index contributed by atoms with van der Waals surface area (Å²) in [6.07, 6.45) is 3.20. The number of aryl methyl sites for hydroxylation is 1. The van der Waals surface area contributed by atoms with Crippen LogP contribution in [-0.2, 0) is 5.54 Å². The summed E-state index contributed by atoms with van der Waals surface area (Å²) in [5, 5.41) is 7.76. The predicted octanol–water partition coefficient (Wildman–Crippen LogP) is 5.57. The quantitative estimate of drug-likeness (QED) is 0.546. The van der Waals surface area contributed by atoms with Crippen LogP contribution in [0.4, 0.5) is 4.39 Å². The van der Waals surface area contributed by atoms with Crippen molar-refractivity contribution in [1.29, 1.82) is 0 Å². The van der Waals surface area contributed by atoms with E-state index in [0.29, 0.717) is 27.6 Å². The molecule has 0 unspecified atom stereocenters. The van der Waals surface area contributed by atoms with Crippen molar-refractivity contribution in [3.8, 4) is 11.3 Å². The SMILES string of the molecule is Cc1onc(-c2ccccc2Cl)c1C(=O)NC1CCC(c2cccc(F)c2)(N(C)C)CC1. The molecule has 1 amide bonds. The lowest BCUT2D eigenvalue weighted by molar-refractivity contribution is 0.0756. The van der Waals surface area contributed by atoms with E-state index >= 15 is 0 Å². The average molecular weight is 456 g/mol. The normalized spacial score (nSPS) is 21.0. The van der Waals surface area contributed by atoms with E-state index in [1.54, 1.807) is 25.1 Å². The number of amides is 1. The molecule has 168 valence electrons. The number of aromatic nitrogens is 1. The minimum absolute atomic E-state index is 0.0116. The van der Waals surface area contributed by atoms with Gasteiger partial charge in [0.25, 0.3) is 5.91 Å². The topological polar surface area (TPSA) is 58.4 Å². The van der Waals surface area contributed by atoms with Crippen LogP contribution < -0.4 is 5.32 Å². The Morgan fingerprint density at radius 2 is 1.91 bits per heavy atom. The Hall–Kier alpha value is -2.70. The first-order valence-corrected chi connectivity index (χ1v) is 11.1. The highest BCUT2D eigenvalue weighted by Crippen LogP contribution is 2.41. The molecule has 1 heterocycles. The number of benzene rings is 2. The molecule has 1 saturated carbocycles. The summed E-state index contributed by atoms with van der Waals surface area (Å²) in [7, 11) is 4.06. The van der Waals surface area contributed by atoms with Crippen molar-refractivity contribution in [2.45, 2.75) is 44.2 Å². The minimum Gasteiger partial charge on any atom is -0.360 e. The maximum atomic E-state index is 13.9. The van der Waals surface area contributed by atoms with Gasteiger partial charge >= 0.3 is 0 Å². The van der Waals surface area contributed by atoms with Crippen LogP contribution in [0.15, 0.2) is 53.1 Å². The Morgan fingerprint density at radius 3 is 2.56 bits per heavy atom. The number of carbonyl (C=O) groups is 1. The van der Waals surface area contributed by atoms with E-state index < -0.39 is 0 Å². The van der Waals surface area contributed by atoms with Crippen molar-refractivity contribution in [3.63, 3.8) is 0 Å². The largest absolute Gasteiger partial charge is 0.360 e. The molecule has 1 aliphatic rings. The van der Waals surface area contributed by atoms with E-state index in [9.17, 15) is 9.18 Å². The van der Waals surface area contributed by atoms with Crippen LogP contribution in [0.3, 0.4) is 0 Å². The van der Waals surface area contributed by atoms with Crippen LogP contribution in [0, 0.1) is 12.7 Å². The molecule has 0 atom stereocenters. The van der Waals surface area contributed by atoms with Crippen LogP contribution in [-0.4, -0.2) is 36.1 Å². The molecular formula is C25H27ClFN3O2. The fraction of sp³-hybridized carbons (Fsp3) is 0.360. The molecule has 5 nitrogen and oxygen atoms in total. The second kappa shape index (κ2) is 9.04. The van der Waals surface area contributed by atoms with Crippen molar-refractivity contribution < 1.29 is 13.7 Å². The molecule has 7 heteroatoms. The summed E-state index contributed by atoms with van der Waals surface area (Å²) < 4.78 is 19.2. The summed E-state index contributed by atoms with van der Waals surface area (Å²) in [6.45, 7) is 1.73. The van der Waals surface area contributed by atoms with Gasteiger partial charge in [0.15, 0.2) is 0 Å². The smallest absolute Gasteiger partial charge is 0.257 e. The van der Waals surface area contributed by atoms with E-state index in [1.807, 2.05) is 38.4 Å². The molecule has 2 aromatic carbocycles. The zero-order valence-electron chi connectivity index (χ0n) is 18.5. The average Bonchev–Trinajstić information content (AvgIpc) is 3.16. The van der Waals surface area contributed by atoms with Gasteiger partial charge in [-0.1, -0.05) is 47.1 Å². The van der Waals surface area contributed by atoms with E-state index in [-0.39, 0.29) is 23.3 Å². The highest BCUT2D eigenvalue weighted by Gasteiger charge is 2.39. The third-order valence-electron chi connectivity index (χ3n) is 6.58. The van der Waals surface area contributed by atoms with E-state index in [1.165, 1.54) is 6.07 Å². The summed E-state index contributed by atoms with van der Waals surface area (Å²) in [6, 6.07) is 14.1. The van der Waals surface area contributed by atoms with Gasteiger partial charge in [0.2, 0.25) is 0 Å². The zero-order chi connectivity index (χ0) is 22.9.